The third-order valence-corrected chi connectivity index (χ3v) is 3.06. The Morgan fingerprint density at radius 1 is 1.20 bits per heavy atom. The highest BCUT2D eigenvalue weighted by Gasteiger charge is 2.16. The van der Waals surface area contributed by atoms with Crippen molar-refractivity contribution in [2.75, 3.05) is 5.32 Å². The molecule has 2 heterocycles. The minimum atomic E-state index is -0.471. The van der Waals surface area contributed by atoms with Gasteiger partial charge in [0.2, 0.25) is 0 Å². The number of nitrogens with one attached hydrogen (secondary N) is 1. The Balaban J connectivity index is 2.00. The van der Waals surface area contributed by atoms with Crippen molar-refractivity contribution in [3.63, 3.8) is 0 Å². The first-order chi connectivity index (χ1) is 9.66. The van der Waals surface area contributed by atoms with E-state index in [-0.39, 0.29) is 11.4 Å². The fourth-order valence-corrected chi connectivity index (χ4v) is 2.10. The maximum atomic E-state index is 13.5. The lowest BCUT2D eigenvalue weighted by molar-refractivity contribution is 0.102. The largest absolute Gasteiger partial charge is 0.318 e. The van der Waals surface area contributed by atoms with Crippen LogP contribution >= 0.6 is 0 Å². The Morgan fingerprint density at radius 3 is 2.75 bits per heavy atom. The van der Waals surface area contributed by atoms with Crippen molar-refractivity contribution < 1.29 is 9.18 Å². The molecule has 0 bridgehead atoms. The van der Waals surface area contributed by atoms with Crippen molar-refractivity contribution in [2.24, 2.45) is 0 Å². The number of amides is 1. The Morgan fingerprint density at radius 2 is 1.95 bits per heavy atom. The van der Waals surface area contributed by atoms with E-state index in [9.17, 15) is 9.18 Å². The summed E-state index contributed by atoms with van der Waals surface area (Å²) in [4.78, 5) is 16.5. The van der Waals surface area contributed by atoms with Crippen LogP contribution in [0.4, 0.5) is 10.1 Å². The molecule has 0 saturated carbocycles. The van der Waals surface area contributed by atoms with E-state index < -0.39 is 11.7 Å². The summed E-state index contributed by atoms with van der Waals surface area (Å²) in [5.41, 5.74) is 1.12. The third-order valence-electron chi connectivity index (χ3n) is 3.06. The third kappa shape index (κ3) is 2.03. The van der Waals surface area contributed by atoms with Crippen LogP contribution < -0.4 is 5.32 Å². The second-order valence-corrected chi connectivity index (χ2v) is 4.40. The number of anilines is 1. The molecule has 0 radical (unpaired) electrons. The molecule has 4 nitrogen and oxygen atoms in total. The molecule has 0 unspecified atom stereocenters. The molecule has 0 atom stereocenters. The number of hydrogen-bond donors (Lipinski definition) is 1. The smallest absolute Gasteiger partial charge is 0.276 e. The van der Waals surface area contributed by atoms with Crippen LogP contribution in [0.15, 0.2) is 48.7 Å². The maximum absolute atomic E-state index is 13.5. The van der Waals surface area contributed by atoms with E-state index in [0.717, 1.165) is 0 Å². The lowest BCUT2D eigenvalue weighted by Gasteiger charge is -2.04. The van der Waals surface area contributed by atoms with Crippen molar-refractivity contribution in [1.29, 1.82) is 0 Å². The molecular weight excluding hydrogens is 257 g/mol. The van der Waals surface area contributed by atoms with E-state index in [1.54, 1.807) is 18.2 Å². The quantitative estimate of drug-likeness (QED) is 0.777. The van der Waals surface area contributed by atoms with Crippen molar-refractivity contribution in [1.82, 2.24) is 9.38 Å². The van der Waals surface area contributed by atoms with Gasteiger partial charge in [0.15, 0.2) is 5.69 Å². The number of halogens is 1. The molecule has 0 fully saturated rings. The summed E-state index contributed by atoms with van der Waals surface area (Å²) < 4.78 is 15.4. The van der Waals surface area contributed by atoms with Crippen molar-refractivity contribution in [3.05, 3.63) is 66.0 Å². The number of imidazole rings is 1. The second-order valence-electron chi connectivity index (χ2n) is 4.40. The monoisotopic (exact) mass is 269 g/mol. The average molecular weight is 269 g/mol. The minimum absolute atomic E-state index is 0.146. The highest BCUT2D eigenvalue weighted by atomic mass is 19.1. The van der Waals surface area contributed by atoms with Gasteiger partial charge in [-0.3, -0.25) is 4.79 Å². The molecule has 3 rings (SSSR count). The van der Waals surface area contributed by atoms with Crippen molar-refractivity contribution in [3.8, 4) is 0 Å². The van der Waals surface area contributed by atoms with Crippen LogP contribution in [-0.4, -0.2) is 15.3 Å². The van der Waals surface area contributed by atoms with Crippen LogP contribution in [0.25, 0.3) is 5.52 Å². The zero-order valence-electron chi connectivity index (χ0n) is 10.8. The van der Waals surface area contributed by atoms with Crippen LogP contribution in [-0.2, 0) is 0 Å². The number of nitrogens with zero attached hydrogens (tertiary/aromatic N) is 2. The first-order valence-corrected chi connectivity index (χ1v) is 6.16. The number of para-hydroxylation sites is 1. The number of aryl methyl sites for hydroxylation is 1. The average Bonchev–Trinajstić information content (AvgIpc) is 2.79. The molecule has 1 aromatic carbocycles. The summed E-state index contributed by atoms with van der Waals surface area (Å²) in [5.74, 6) is -0.188. The molecule has 2 aromatic heterocycles. The zero-order valence-corrected chi connectivity index (χ0v) is 10.8. The van der Waals surface area contributed by atoms with E-state index in [0.29, 0.717) is 11.3 Å². The Hall–Kier alpha value is -2.69. The molecule has 5 heteroatoms. The minimum Gasteiger partial charge on any atom is -0.318 e. The van der Waals surface area contributed by atoms with Gasteiger partial charge >= 0.3 is 0 Å². The van der Waals surface area contributed by atoms with E-state index >= 15 is 0 Å². The van der Waals surface area contributed by atoms with Crippen LogP contribution in [0.3, 0.4) is 0 Å². The summed E-state index contributed by atoms with van der Waals surface area (Å²) in [6.45, 7) is 1.81. The molecule has 0 aliphatic rings. The number of fused-ring (bicyclic) bond motifs is 1. The van der Waals surface area contributed by atoms with Gasteiger partial charge in [-0.05, 0) is 31.2 Å². The van der Waals surface area contributed by atoms with E-state index in [1.165, 1.54) is 12.1 Å². The molecular formula is C15H12FN3O. The van der Waals surface area contributed by atoms with Gasteiger partial charge in [-0.15, -0.1) is 0 Å². The summed E-state index contributed by atoms with van der Waals surface area (Å²) in [6, 6.07) is 11.5. The predicted octanol–water partition coefficient (Wildman–Crippen LogP) is 3.03. The number of aromatic nitrogens is 2. The van der Waals surface area contributed by atoms with E-state index in [2.05, 4.69) is 10.3 Å². The molecule has 100 valence electrons. The molecule has 1 amide bonds. The molecule has 0 saturated heterocycles. The molecule has 1 N–H and O–H groups in total. The molecule has 20 heavy (non-hydrogen) atoms. The van der Waals surface area contributed by atoms with Crippen LogP contribution in [0, 0.1) is 12.7 Å². The topological polar surface area (TPSA) is 46.4 Å². The first-order valence-electron chi connectivity index (χ1n) is 6.16. The Bertz CT molecular complexity index is 795. The fourth-order valence-electron chi connectivity index (χ4n) is 2.10. The van der Waals surface area contributed by atoms with Gasteiger partial charge in [0.1, 0.15) is 11.6 Å². The number of hydrogen-bond acceptors (Lipinski definition) is 2. The standard InChI is InChI=1S/C15H12FN3O/c1-10-17-14(13-8-4-5-9-19(10)13)15(20)18-12-7-3-2-6-11(12)16/h2-9H,1H3,(H,18,20). The van der Waals surface area contributed by atoms with Crippen LogP contribution in [0.2, 0.25) is 0 Å². The van der Waals surface area contributed by atoms with Gasteiger partial charge in [0.25, 0.3) is 5.91 Å². The summed E-state index contributed by atoms with van der Waals surface area (Å²) >= 11 is 0. The van der Waals surface area contributed by atoms with Crippen LogP contribution in [0.5, 0.6) is 0 Å². The molecule has 3 aromatic rings. The van der Waals surface area contributed by atoms with Crippen molar-refractivity contribution in [2.45, 2.75) is 6.92 Å². The van der Waals surface area contributed by atoms with E-state index in [1.807, 2.05) is 29.7 Å². The number of pyridine rings is 1. The molecule has 0 aliphatic heterocycles. The normalized spacial score (nSPS) is 10.7. The molecule has 0 spiro atoms. The lowest BCUT2D eigenvalue weighted by Crippen LogP contribution is -2.13. The highest BCUT2D eigenvalue weighted by Crippen LogP contribution is 2.17. The van der Waals surface area contributed by atoms with Crippen molar-refractivity contribution >= 4 is 17.1 Å². The van der Waals surface area contributed by atoms with Crippen LogP contribution in [0.1, 0.15) is 16.3 Å². The van der Waals surface area contributed by atoms with Gasteiger partial charge in [0.05, 0.1) is 11.2 Å². The highest BCUT2D eigenvalue weighted by molar-refractivity contribution is 6.07. The van der Waals surface area contributed by atoms with Gasteiger partial charge < -0.3 is 9.72 Å². The first kappa shape index (κ1) is 12.3. The summed E-state index contributed by atoms with van der Waals surface area (Å²) in [5, 5.41) is 2.54. The summed E-state index contributed by atoms with van der Waals surface area (Å²) in [6.07, 6.45) is 1.83. The zero-order chi connectivity index (χ0) is 14.1. The number of carbonyl (C=O) groups excluding carboxylic acids is 1. The molecule has 0 aliphatic carbocycles. The SMILES string of the molecule is Cc1nc(C(=O)Nc2ccccc2F)c2ccccn12. The second kappa shape index (κ2) is 4.77. The van der Waals surface area contributed by atoms with Gasteiger partial charge in [-0.1, -0.05) is 18.2 Å². The lowest BCUT2D eigenvalue weighted by atomic mass is 10.2. The van der Waals surface area contributed by atoms with Gasteiger partial charge in [-0.2, -0.15) is 0 Å². The Kier molecular flexibility index (Phi) is 2.95. The number of rotatable bonds is 2. The predicted molar refractivity (Wildman–Crippen MR) is 74.3 cm³/mol. The van der Waals surface area contributed by atoms with Gasteiger partial charge in [-0.25, -0.2) is 9.37 Å². The van der Waals surface area contributed by atoms with Gasteiger partial charge in [0, 0.05) is 6.20 Å². The number of carbonyl (C=O) groups is 1. The number of benzene rings is 1. The Labute approximate surface area is 114 Å². The fraction of sp³-hybridized carbons (Fsp3) is 0.0667. The van der Waals surface area contributed by atoms with E-state index in [4.69, 9.17) is 0 Å². The summed E-state index contributed by atoms with van der Waals surface area (Å²) in [7, 11) is 0. The maximum Gasteiger partial charge on any atom is 0.276 e.